The molecule has 1 unspecified atom stereocenters. The van der Waals surface area contributed by atoms with Crippen LogP contribution >= 0.6 is 11.6 Å². The molecule has 0 radical (unpaired) electrons. The number of hydrogen-bond acceptors (Lipinski definition) is 3. The summed E-state index contributed by atoms with van der Waals surface area (Å²) in [4.78, 5) is 13.8. The summed E-state index contributed by atoms with van der Waals surface area (Å²) in [7, 11) is 1.83. The van der Waals surface area contributed by atoms with Gasteiger partial charge in [0.25, 0.3) is 0 Å². The number of benzene rings is 1. The number of carbonyl (C=O) groups is 1. The summed E-state index contributed by atoms with van der Waals surface area (Å²) in [6.07, 6.45) is 0. The lowest BCUT2D eigenvalue weighted by Gasteiger charge is -2.28. The monoisotopic (exact) mass is 269 g/mol. The molecule has 4 nitrogen and oxygen atoms in total. The van der Waals surface area contributed by atoms with Crippen LogP contribution in [0.15, 0.2) is 18.2 Å². The zero-order valence-electron chi connectivity index (χ0n) is 11.2. The maximum atomic E-state index is 11.9. The topological polar surface area (TPSA) is 58.4 Å². The molecule has 3 N–H and O–H groups in total. The van der Waals surface area contributed by atoms with E-state index in [1.165, 1.54) is 0 Å². The van der Waals surface area contributed by atoms with Crippen LogP contribution in [0.3, 0.4) is 0 Å². The number of nitrogens with zero attached hydrogens (tertiary/aromatic N) is 1. The molecule has 18 heavy (non-hydrogen) atoms. The number of likely N-dealkylation sites (N-methyl/N-ethyl adjacent to an activating group) is 1. The number of nitrogen functional groups attached to an aromatic ring is 1. The predicted molar refractivity (Wildman–Crippen MR) is 77.0 cm³/mol. The van der Waals surface area contributed by atoms with Crippen molar-refractivity contribution in [3.63, 3.8) is 0 Å². The van der Waals surface area contributed by atoms with E-state index in [0.717, 1.165) is 5.69 Å². The second-order valence-electron chi connectivity index (χ2n) is 4.65. The molecule has 0 aliphatic heterocycles. The van der Waals surface area contributed by atoms with E-state index < -0.39 is 0 Å². The van der Waals surface area contributed by atoms with Gasteiger partial charge < -0.3 is 16.0 Å². The van der Waals surface area contributed by atoms with Crippen molar-refractivity contribution in [2.75, 3.05) is 17.7 Å². The number of hydrogen-bond donors (Lipinski definition) is 2. The number of nitrogens with two attached hydrogens (primary N) is 1. The Morgan fingerprint density at radius 1 is 1.39 bits per heavy atom. The van der Waals surface area contributed by atoms with E-state index in [4.69, 9.17) is 17.3 Å². The maximum absolute atomic E-state index is 11.9. The third kappa shape index (κ3) is 3.53. The van der Waals surface area contributed by atoms with Crippen molar-refractivity contribution in [2.45, 2.75) is 32.9 Å². The lowest BCUT2D eigenvalue weighted by molar-refractivity contribution is -0.122. The lowest BCUT2D eigenvalue weighted by Crippen LogP contribution is -2.45. The van der Waals surface area contributed by atoms with Gasteiger partial charge >= 0.3 is 0 Å². The van der Waals surface area contributed by atoms with Gasteiger partial charge in [0.2, 0.25) is 5.91 Å². The molecule has 1 rings (SSSR count). The van der Waals surface area contributed by atoms with Crippen molar-refractivity contribution in [3.8, 4) is 0 Å². The summed E-state index contributed by atoms with van der Waals surface area (Å²) >= 11 is 5.95. The van der Waals surface area contributed by atoms with E-state index in [1.54, 1.807) is 18.2 Å². The average Bonchev–Trinajstić information content (AvgIpc) is 2.29. The lowest BCUT2D eigenvalue weighted by atomic mass is 10.2. The molecule has 0 aliphatic rings. The SMILES string of the molecule is CC(C)NC(=O)C(C)N(C)c1cc(Cl)ccc1N. The molecule has 0 fully saturated rings. The van der Waals surface area contributed by atoms with Gasteiger partial charge in [-0.3, -0.25) is 4.79 Å². The minimum atomic E-state index is -0.312. The van der Waals surface area contributed by atoms with E-state index in [0.29, 0.717) is 10.7 Å². The second-order valence-corrected chi connectivity index (χ2v) is 5.09. The summed E-state index contributed by atoms with van der Waals surface area (Å²) in [6, 6.07) is 5.03. The quantitative estimate of drug-likeness (QED) is 0.825. The summed E-state index contributed by atoms with van der Waals surface area (Å²) in [5, 5.41) is 3.47. The molecule has 0 bridgehead atoms. The zero-order valence-corrected chi connectivity index (χ0v) is 12.0. The normalized spacial score (nSPS) is 12.3. The van der Waals surface area contributed by atoms with Crippen molar-refractivity contribution < 1.29 is 4.79 Å². The number of anilines is 2. The first-order chi connectivity index (χ1) is 8.32. The molecule has 0 aromatic heterocycles. The Balaban J connectivity index is 2.89. The molecular weight excluding hydrogens is 250 g/mol. The highest BCUT2D eigenvalue weighted by Crippen LogP contribution is 2.27. The van der Waals surface area contributed by atoms with Gasteiger partial charge in [0.1, 0.15) is 6.04 Å². The number of halogens is 1. The van der Waals surface area contributed by atoms with Crippen LogP contribution in [0.1, 0.15) is 20.8 Å². The first kappa shape index (κ1) is 14.6. The summed E-state index contributed by atoms with van der Waals surface area (Å²) in [5.41, 5.74) is 7.26. The van der Waals surface area contributed by atoms with E-state index >= 15 is 0 Å². The van der Waals surface area contributed by atoms with E-state index in [9.17, 15) is 4.79 Å². The molecule has 100 valence electrons. The minimum absolute atomic E-state index is 0.0353. The van der Waals surface area contributed by atoms with Crippen LogP contribution in [-0.4, -0.2) is 25.0 Å². The van der Waals surface area contributed by atoms with E-state index in [-0.39, 0.29) is 18.0 Å². The second kappa shape index (κ2) is 5.96. The molecule has 0 spiro atoms. The van der Waals surface area contributed by atoms with Crippen LogP contribution in [0.5, 0.6) is 0 Å². The molecule has 5 heteroatoms. The number of amides is 1. The van der Waals surface area contributed by atoms with Gasteiger partial charge in [-0.15, -0.1) is 0 Å². The molecule has 0 saturated carbocycles. The predicted octanol–water partition coefficient (Wildman–Crippen LogP) is 2.27. The van der Waals surface area contributed by atoms with Crippen LogP contribution in [0.25, 0.3) is 0 Å². The van der Waals surface area contributed by atoms with Crippen LogP contribution < -0.4 is 16.0 Å². The van der Waals surface area contributed by atoms with Crippen molar-refractivity contribution in [3.05, 3.63) is 23.2 Å². The third-order valence-corrected chi connectivity index (χ3v) is 3.00. The molecule has 1 aromatic carbocycles. The van der Waals surface area contributed by atoms with Crippen molar-refractivity contribution >= 4 is 28.9 Å². The molecule has 1 amide bonds. The van der Waals surface area contributed by atoms with Gasteiger partial charge in [-0.05, 0) is 39.0 Å². The van der Waals surface area contributed by atoms with Crippen molar-refractivity contribution in [2.24, 2.45) is 0 Å². The number of carbonyl (C=O) groups excluding carboxylic acids is 1. The molecule has 0 saturated heterocycles. The van der Waals surface area contributed by atoms with Crippen molar-refractivity contribution in [1.82, 2.24) is 5.32 Å². The largest absolute Gasteiger partial charge is 0.397 e. The Morgan fingerprint density at radius 2 is 2.00 bits per heavy atom. The van der Waals surface area contributed by atoms with Crippen LogP contribution in [0, 0.1) is 0 Å². The van der Waals surface area contributed by atoms with Gasteiger partial charge in [0, 0.05) is 18.1 Å². The fourth-order valence-corrected chi connectivity index (χ4v) is 1.78. The minimum Gasteiger partial charge on any atom is -0.397 e. The van der Waals surface area contributed by atoms with Crippen LogP contribution in [-0.2, 0) is 4.79 Å². The molecule has 1 atom stereocenters. The Labute approximate surface area is 113 Å². The van der Waals surface area contributed by atoms with E-state index in [1.807, 2.05) is 32.7 Å². The first-order valence-electron chi connectivity index (χ1n) is 5.91. The highest BCUT2D eigenvalue weighted by molar-refractivity contribution is 6.31. The Morgan fingerprint density at radius 3 is 2.56 bits per heavy atom. The molecular formula is C13H20ClN3O. The van der Waals surface area contributed by atoms with Gasteiger partial charge in [0.05, 0.1) is 11.4 Å². The first-order valence-corrected chi connectivity index (χ1v) is 6.29. The fourth-order valence-electron chi connectivity index (χ4n) is 1.61. The highest BCUT2D eigenvalue weighted by atomic mass is 35.5. The smallest absolute Gasteiger partial charge is 0.242 e. The summed E-state index contributed by atoms with van der Waals surface area (Å²) in [6.45, 7) is 5.69. The molecule has 0 heterocycles. The standard InChI is InChI=1S/C13H20ClN3O/c1-8(2)16-13(18)9(3)17(4)12-7-10(14)5-6-11(12)15/h5-9H,15H2,1-4H3,(H,16,18). The Hall–Kier alpha value is -1.42. The summed E-state index contributed by atoms with van der Waals surface area (Å²) < 4.78 is 0. The van der Waals surface area contributed by atoms with Crippen molar-refractivity contribution in [1.29, 1.82) is 0 Å². The van der Waals surface area contributed by atoms with Gasteiger partial charge in [-0.25, -0.2) is 0 Å². The van der Waals surface area contributed by atoms with Gasteiger partial charge in [0.15, 0.2) is 0 Å². The maximum Gasteiger partial charge on any atom is 0.242 e. The average molecular weight is 270 g/mol. The number of nitrogens with one attached hydrogen (secondary N) is 1. The third-order valence-electron chi connectivity index (χ3n) is 2.76. The molecule has 1 aromatic rings. The van der Waals surface area contributed by atoms with Gasteiger partial charge in [-0.2, -0.15) is 0 Å². The number of rotatable bonds is 4. The highest BCUT2D eigenvalue weighted by Gasteiger charge is 2.20. The Kier molecular flexibility index (Phi) is 4.84. The summed E-state index contributed by atoms with van der Waals surface area (Å²) in [5.74, 6) is -0.0353. The zero-order chi connectivity index (χ0) is 13.9. The van der Waals surface area contributed by atoms with Crippen LogP contribution in [0.4, 0.5) is 11.4 Å². The van der Waals surface area contributed by atoms with E-state index in [2.05, 4.69) is 5.32 Å². The Bertz CT molecular complexity index is 434. The van der Waals surface area contributed by atoms with Gasteiger partial charge in [-0.1, -0.05) is 11.6 Å². The fraction of sp³-hybridized carbons (Fsp3) is 0.462. The van der Waals surface area contributed by atoms with Crippen LogP contribution in [0.2, 0.25) is 5.02 Å². The molecule has 0 aliphatic carbocycles.